The maximum atomic E-state index is 5.95. The Morgan fingerprint density at radius 1 is 1.47 bits per heavy atom. The summed E-state index contributed by atoms with van der Waals surface area (Å²) in [6.45, 7) is 2.31. The lowest BCUT2D eigenvalue weighted by atomic mass is 9.79. The zero-order valence-electron chi connectivity index (χ0n) is 9.04. The van der Waals surface area contributed by atoms with E-state index in [9.17, 15) is 0 Å². The molecule has 2 nitrogen and oxygen atoms in total. The van der Waals surface area contributed by atoms with Gasteiger partial charge in [-0.05, 0) is 36.3 Å². The van der Waals surface area contributed by atoms with Crippen molar-refractivity contribution in [3.05, 3.63) is 22.8 Å². The van der Waals surface area contributed by atoms with E-state index in [1.807, 2.05) is 6.07 Å². The van der Waals surface area contributed by atoms with Crippen LogP contribution in [0.4, 0.5) is 5.82 Å². The van der Waals surface area contributed by atoms with Crippen LogP contribution in [-0.4, -0.2) is 4.98 Å². The molecule has 2 atom stereocenters. The normalized spacial score (nSPS) is 26.5. The molecule has 3 heteroatoms. The average Bonchev–Trinajstić information content (AvgIpc) is 2.22. The lowest BCUT2D eigenvalue weighted by Crippen LogP contribution is -2.13. The molecule has 0 bridgehead atoms. The molecule has 0 spiro atoms. The molecule has 2 N–H and O–H groups in total. The first-order chi connectivity index (χ1) is 7.16. The average molecular weight is 225 g/mol. The van der Waals surface area contributed by atoms with Crippen molar-refractivity contribution in [1.29, 1.82) is 0 Å². The Morgan fingerprint density at radius 2 is 2.27 bits per heavy atom. The Labute approximate surface area is 95.8 Å². The second kappa shape index (κ2) is 4.40. The quantitative estimate of drug-likeness (QED) is 0.792. The molecule has 2 unspecified atom stereocenters. The molecular formula is C12H17ClN2. The summed E-state index contributed by atoms with van der Waals surface area (Å²) in [5, 5.41) is 0.692. The van der Waals surface area contributed by atoms with Crippen molar-refractivity contribution in [2.45, 2.75) is 38.5 Å². The largest absolute Gasteiger partial charge is 0.383 e. The molecule has 0 aliphatic heterocycles. The fraction of sp³-hybridized carbons (Fsp3) is 0.583. The summed E-state index contributed by atoms with van der Waals surface area (Å²) in [6, 6.07) is 1.98. The summed E-state index contributed by atoms with van der Waals surface area (Å²) in [5.41, 5.74) is 7.04. The van der Waals surface area contributed by atoms with Crippen LogP contribution in [0.3, 0.4) is 0 Å². The highest BCUT2D eigenvalue weighted by Crippen LogP contribution is 2.38. The minimum Gasteiger partial charge on any atom is -0.383 e. The Bertz CT molecular complexity index is 351. The van der Waals surface area contributed by atoms with Crippen LogP contribution in [0.25, 0.3) is 0 Å². The third-order valence-corrected chi connectivity index (χ3v) is 3.50. The molecule has 15 heavy (non-hydrogen) atoms. The first-order valence-electron chi connectivity index (χ1n) is 5.57. The number of nitrogens with zero attached hydrogens (tertiary/aromatic N) is 1. The van der Waals surface area contributed by atoms with E-state index in [-0.39, 0.29) is 0 Å². The van der Waals surface area contributed by atoms with Gasteiger partial charge in [0.25, 0.3) is 0 Å². The Morgan fingerprint density at radius 3 is 3.00 bits per heavy atom. The van der Waals surface area contributed by atoms with Crippen molar-refractivity contribution in [2.75, 3.05) is 5.73 Å². The molecule has 1 aliphatic carbocycles. The number of rotatable bonds is 1. The molecule has 1 saturated carbocycles. The predicted molar refractivity (Wildman–Crippen MR) is 64.0 cm³/mol. The number of anilines is 1. The molecule has 0 amide bonds. The van der Waals surface area contributed by atoms with Gasteiger partial charge in [-0.25, -0.2) is 4.98 Å². The van der Waals surface area contributed by atoms with Gasteiger partial charge in [0.05, 0.1) is 5.02 Å². The van der Waals surface area contributed by atoms with E-state index in [2.05, 4.69) is 11.9 Å². The van der Waals surface area contributed by atoms with Gasteiger partial charge in [0.2, 0.25) is 0 Å². The van der Waals surface area contributed by atoms with Gasteiger partial charge in [-0.1, -0.05) is 31.4 Å². The second-order valence-corrected chi connectivity index (χ2v) is 5.03. The summed E-state index contributed by atoms with van der Waals surface area (Å²) in [4.78, 5) is 4.12. The number of hydrogen-bond donors (Lipinski definition) is 1. The van der Waals surface area contributed by atoms with Crippen LogP contribution in [0.1, 0.15) is 44.1 Å². The van der Waals surface area contributed by atoms with Crippen LogP contribution >= 0.6 is 11.6 Å². The SMILES string of the molecule is CC1CCCC(c2cc(Cl)cnc2N)C1. The topological polar surface area (TPSA) is 38.9 Å². The molecule has 0 aromatic carbocycles. The highest BCUT2D eigenvalue weighted by molar-refractivity contribution is 6.30. The zero-order valence-corrected chi connectivity index (χ0v) is 9.80. The molecule has 0 saturated heterocycles. The number of halogens is 1. The minimum atomic E-state index is 0.556. The van der Waals surface area contributed by atoms with Crippen LogP contribution in [0.15, 0.2) is 12.3 Å². The van der Waals surface area contributed by atoms with E-state index < -0.39 is 0 Å². The Kier molecular flexibility index (Phi) is 3.15. The molecule has 0 radical (unpaired) electrons. The molecule has 1 aromatic heterocycles. The van der Waals surface area contributed by atoms with Gasteiger partial charge in [0.1, 0.15) is 5.82 Å². The van der Waals surface area contributed by atoms with E-state index in [4.69, 9.17) is 17.3 Å². The number of aromatic nitrogens is 1. The third kappa shape index (κ3) is 2.43. The maximum Gasteiger partial charge on any atom is 0.126 e. The molecule has 1 heterocycles. The van der Waals surface area contributed by atoms with Gasteiger partial charge in [0, 0.05) is 6.20 Å². The van der Waals surface area contributed by atoms with Crippen LogP contribution in [0.5, 0.6) is 0 Å². The molecular weight excluding hydrogens is 208 g/mol. The van der Waals surface area contributed by atoms with E-state index in [0.29, 0.717) is 16.8 Å². The van der Waals surface area contributed by atoms with E-state index in [0.717, 1.165) is 11.5 Å². The molecule has 82 valence electrons. The first kappa shape index (κ1) is 10.7. The van der Waals surface area contributed by atoms with Crippen molar-refractivity contribution >= 4 is 17.4 Å². The summed E-state index contributed by atoms with van der Waals surface area (Å²) in [7, 11) is 0. The van der Waals surface area contributed by atoms with Crippen LogP contribution in [-0.2, 0) is 0 Å². The second-order valence-electron chi connectivity index (χ2n) is 4.60. The van der Waals surface area contributed by atoms with Crippen LogP contribution < -0.4 is 5.73 Å². The van der Waals surface area contributed by atoms with Gasteiger partial charge >= 0.3 is 0 Å². The highest BCUT2D eigenvalue weighted by atomic mass is 35.5. The van der Waals surface area contributed by atoms with Gasteiger partial charge in [0.15, 0.2) is 0 Å². The smallest absolute Gasteiger partial charge is 0.126 e. The monoisotopic (exact) mass is 224 g/mol. The van der Waals surface area contributed by atoms with E-state index in [1.165, 1.54) is 25.7 Å². The Hall–Kier alpha value is -0.760. The fourth-order valence-corrected chi connectivity index (χ4v) is 2.68. The lowest BCUT2D eigenvalue weighted by molar-refractivity contribution is 0.344. The van der Waals surface area contributed by atoms with E-state index in [1.54, 1.807) is 6.20 Å². The van der Waals surface area contributed by atoms with Crippen LogP contribution in [0, 0.1) is 5.92 Å². The summed E-state index contributed by atoms with van der Waals surface area (Å²) < 4.78 is 0. The Balaban J connectivity index is 2.24. The van der Waals surface area contributed by atoms with Crippen molar-refractivity contribution < 1.29 is 0 Å². The number of hydrogen-bond acceptors (Lipinski definition) is 2. The standard InChI is InChI=1S/C12H17ClN2/c1-8-3-2-4-9(5-8)11-6-10(13)7-15-12(11)14/h6-9H,2-5H2,1H3,(H2,14,15). The van der Waals surface area contributed by atoms with Crippen molar-refractivity contribution in [3.63, 3.8) is 0 Å². The third-order valence-electron chi connectivity index (χ3n) is 3.29. The minimum absolute atomic E-state index is 0.556. The molecule has 1 aromatic rings. The highest BCUT2D eigenvalue weighted by Gasteiger charge is 2.22. The van der Waals surface area contributed by atoms with Crippen molar-refractivity contribution in [2.24, 2.45) is 5.92 Å². The summed E-state index contributed by atoms with van der Waals surface area (Å²) in [6.07, 6.45) is 6.68. The zero-order chi connectivity index (χ0) is 10.8. The van der Waals surface area contributed by atoms with Crippen molar-refractivity contribution in [3.8, 4) is 0 Å². The van der Waals surface area contributed by atoms with Gasteiger partial charge in [-0.15, -0.1) is 0 Å². The van der Waals surface area contributed by atoms with Gasteiger partial charge in [-0.3, -0.25) is 0 Å². The summed E-state index contributed by atoms with van der Waals surface area (Å²) in [5.74, 6) is 2.00. The lowest BCUT2D eigenvalue weighted by Gasteiger charge is -2.27. The molecule has 1 fully saturated rings. The number of nitrogen functional groups attached to an aromatic ring is 1. The maximum absolute atomic E-state index is 5.95. The number of pyridine rings is 1. The van der Waals surface area contributed by atoms with Gasteiger partial charge in [-0.2, -0.15) is 0 Å². The first-order valence-corrected chi connectivity index (χ1v) is 5.95. The fourth-order valence-electron chi connectivity index (χ4n) is 2.51. The van der Waals surface area contributed by atoms with Gasteiger partial charge < -0.3 is 5.73 Å². The summed E-state index contributed by atoms with van der Waals surface area (Å²) >= 11 is 5.95. The van der Waals surface area contributed by atoms with Crippen LogP contribution in [0.2, 0.25) is 5.02 Å². The predicted octanol–water partition coefficient (Wildman–Crippen LogP) is 3.61. The van der Waals surface area contributed by atoms with E-state index >= 15 is 0 Å². The van der Waals surface area contributed by atoms with Crippen molar-refractivity contribution in [1.82, 2.24) is 4.98 Å². The molecule has 2 rings (SSSR count). The molecule has 1 aliphatic rings. The number of nitrogens with two attached hydrogens (primary N) is 1.